The summed E-state index contributed by atoms with van der Waals surface area (Å²) in [6.45, 7) is 6.10. The summed E-state index contributed by atoms with van der Waals surface area (Å²) in [6, 6.07) is 6.21. The van der Waals surface area contributed by atoms with E-state index in [4.69, 9.17) is 5.26 Å². The van der Waals surface area contributed by atoms with Crippen molar-refractivity contribution in [2.24, 2.45) is 0 Å². The summed E-state index contributed by atoms with van der Waals surface area (Å²) in [5.41, 5.74) is 4.77. The maximum Gasteiger partial charge on any atom is 0.216 e. The molecule has 0 atom stereocenters. The monoisotopic (exact) mass is 254 g/mol. The molecular formula is C13H14N6. The van der Waals surface area contributed by atoms with Crippen molar-refractivity contribution >= 4 is 11.3 Å². The molecule has 0 aliphatic carbocycles. The highest BCUT2D eigenvalue weighted by atomic mass is 15.5. The van der Waals surface area contributed by atoms with Gasteiger partial charge in [-0.15, -0.1) is 10.2 Å². The molecule has 1 aromatic carbocycles. The van der Waals surface area contributed by atoms with E-state index >= 15 is 0 Å². The van der Waals surface area contributed by atoms with Gasteiger partial charge < -0.3 is 5.32 Å². The van der Waals surface area contributed by atoms with Gasteiger partial charge in [0.25, 0.3) is 0 Å². The third-order valence-corrected chi connectivity index (χ3v) is 2.74. The summed E-state index contributed by atoms with van der Waals surface area (Å²) >= 11 is 0. The average molecular weight is 254 g/mol. The van der Waals surface area contributed by atoms with Crippen molar-refractivity contribution in [3.8, 4) is 6.07 Å². The number of allylic oxidation sites excluding steroid dienone is 1. The van der Waals surface area contributed by atoms with E-state index in [0.717, 1.165) is 16.8 Å². The van der Waals surface area contributed by atoms with Crippen LogP contribution in [-0.4, -0.2) is 20.6 Å². The van der Waals surface area contributed by atoms with E-state index in [1.807, 2.05) is 19.9 Å². The first kappa shape index (κ1) is 12.8. The largest absolute Gasteiger partial charge is 0.360 e. The summed E-state index contributed by atoms with van der Waals surface area (Å²) in [4.78, 5) is 0. The van der Waals surface area contributed by atoms with Crippen LogP contribution in [0, 0.1) is 32.1 Å². The van der Waals surface area contributed by atoms with Crippen LogP contribution in [0.3, 0.4) is 0 Å². The number of aromatic amines is 1. The van der Waals surface area contributed by atoms with Gasteiger partial charge in [-0.2, -0.15) is 10.5 Å². The van der Waals surface area contributed by atoms with Crippen molar-refractivity contribution in [1.29, 1.82) is 5.26 Å². The highest BCUT2D eigenvalue weighted by Gasteiger charge is 2.07. The topological polar surface area (TPSA) is 90.3 Å². The van der Waals surface area contributed by atoms with Gasteiger partial charge in [-0.3, -0.25) is 0 Å². The molecule has 0 bridgehead atoms. The van der Waals surface area contributed by atoms with Gasteiger partial charge in [0.2, 0.25) is 5.82 Å². The number of aryl methyl sites for hydroxylation is 3. The molecular weight excluding hydrogens is 240 g/mol. The molecule has 0 aliphatic heterocycles. The van der Waals surface area contributed by atoms with Gasteiger partial charge >= 0.3 is 0 Å². The summed E-state index contributed by atoms with van der Waals surface area (Å²) in [7, 11) is 0. The van der Waals surface area contributed by atoms with Crippen molar-refractivity contribution in [2.75, 3.05) is 5.32 Å². The van der Waals surface area contributed by atoms with Gasteiger partial charge in [0, 0.05) is 11.9 Å². The highest BCUT2D eigenvalue weighted by Crippen LogP contribution is 2.22. The predicted molar refractivity (Wildman–Crippen MR) is 72.0 cm³/mol. The molecule has 0 unspecified atom stereocenters. The molecule has 96 valence electrons. The van der Waals surface area contributed by atoms with Crippen LogP contribution < -0.4 is 5.32 Å². The molecule has 2 N–H and O–H groups in total. The van der Waals surface area contributed by atoms with Gasteiger partial charge in [0.15, 0.2) is 0 Å². The second kappa shape index (κ2) is 5.31. The first-order valence-corrected chi connectivity index (χ1v) is 5.80. The second-order valence-electron chi connectivity index (χ2n) is 4.32. The number of hydrogen-bond acceptors (Lipinski definition) is 5. The van der Waals surface area contributed by atoms with E-state index in [1.54, 1.807) is 6.20 Å². The van der Waals surface area contributed by atoms with Gasteiger partial charge in [-0.1, -0.05) is 17.7 Å². The van der Waals surface area contributed by atoms with Crippen LogP contribution in [0.2, 0.25) is 0 Å². The maximum atomic E-state index is 9.08. The Labute approximate surface area is 111 Å². The number of nitrogens with zero attached hydrogens (tertiary/aromatic N) is 4. The number of anilines is 1. The van der Waals surface area contributed by atoms with Crippen LogP contribution in [0.25, 0.3) is 5.57 Å². The van der Waals surface area contributed by atoms with E-state index in [-0.39, 0.29) is 5.82 Å². The molecule has 6 nitrogen and oxygen atoms in total. The Morgan fingerprint density at radius 1 is 1.32 bits per heavy atom. The van der Waals surface area contributed by atoms with E-state index in [2.05, 4.69) is 45.0 Å². The normalized spacial score (nSPS) is 11.2. The van der Waals surface area contributed by atoms with Crippen LogP contribution >= 0.6 is 0 Å². The standard InChI is InChI=1S/C13H14N6/c1-8-4-9(2)12(10(3)5-8)15-7-11(6-14)13-16-18-19-17-13/h4-5,7,15H,1-3H3,(H,16,17,18,19). The lowest BCUT2D eigenvalue weighted by atomic mass is 10.1. The molecule has 0 amide bonds. The number of rotatable bonds is 3. The fourth-order valence-electron chi connectivity index (χ4n) is 1.97. The van der Waals surface area contributed by atoms with Gasteiger partial charge in [-0.25, -0.2) is 0 Å². The van der Waals surface area contributed by atoms with Crippen LogP contribution in [0.4, 0.5) is 5.69 Å². The van der Waals surface area contributed by atoms with Crippen molar-refractivity contribution in [2.45, 2.75) is 20.8 Å². The van der Waals surface area contributed by atoms with E-state index in [0.29, 0.717) is 5.57 Å². The molecule has 0 aliphatic rings. The SMILES string of the molecule is Cc1cc(C)c(NC=C(C#N)c2nn[nH]n2)c(C)c1. The maximum absolute atomic E-state index is 9.08. The molecule has 19 heavy (non-hydrogen) atoms. The lowest BCUT2D eigenvalue weighted by molar-refractivity contribution is 0.881. The first-order chi connectivity index (χ1) is 9.11. The van der Waals surface area contributed by atoms with Crippen molar-refractivity contribution in [3.63, 3.8) is 0 Å². The average Bonchev–Trinajstić information content (AvgIpc) is 2.86. The Hall–Kier alpha value is -2.68. The van der Waals surface area contributed by atoms with Gasteiger partial charge in [-0.05, 0) is 37.1 Å². The van der Waals surface area contributed by atoms with Crippen LogP contribution in [-0.2, 0) is 0 Å². The molecule has 0 fully saturated rings. The Bertz CT molecular complexity index is 625. The molecule has 1 heterocycles. The molecule has 1 aromatic heterocycles. The molecule has 6 heteroatoms. The minimum absolute atomic E-state index is 0.275. The fourth-order valence-corrected chi connectivity index (χ4v) is 1.97. The number of nitrogens with one attached hydrogen (secondary N) is 2. The molecule has 0 spiro atoms. The number of H-pyrrole nitrogens is 1. The third kappa shape index (κ3) is 2.77. The lowest BCUT2D eigenvalue weighted by Gasteiger charge is -2.11. The first-order valence-electron chi connectivity index (χ1n) is 5.80. The Morgan fingerprint density at radius 3 is 2.53 bits per heavy atom. The lowest BCUT2D eigenvalue weighted by Crippen LogP contribution is -1.98. The zero-order chi connectivity index (χ0) is 13.8. The van der Waals surface area contributed by atoms with Gasteiger partial charge in [0.05, 0.1) is 0 Å². The number of hydrogen-bond donors (Lipinski definition) is 2. The summed E-state index contributed by atoms with van der Waals surface area (Å²) in [5.74, 6) is 0.275. The highest BCUT2D eigenvalue weighted by molar-refractivity contribution is 5.75. The third-order valence-electron chi connectivity index (χ3n) is 2.74. The number of nitriles is 1. The second-order valence-corrected chi connectivity index (χ2v) is 4.32. The minimum atomic E-state index is 0.275. The van der Waals surface area contributed by atoms with E-state index in [1.165, 1.54) is 5.56 Å². The van der Waals surface area contributed by atoms with Crippen LogP contribution in [0.1, 0.15) is 22.5 Å². The number of tetrazole rings is 1. The summed E-state index contributed by atoms with van der Waals surface area (Å²) in [5, 5.41) is 25.5. The van der Waals surface area contributed by atoms with E-state index in [9.17, 15) is 0 Å². The zero-order valence-corrected chi connectivity index (χ0v) is 11.0. The van der Waals surface area contributed by atoms with Crippen LogP contribution in [0.5, 0.6) is 0 Å². The minimum Gasteiger partial charge on any atom is -0.360 e. The molecule has 2 rings (SSSR count). The Kier molecular flexibility index (Phi) is 3.57. The van der Waals surface area contributed by atoms with E-state index < -0.39 is 0 Å². The van der Waals surface area contributed by atoms with Gasteiger partial charge in [0.1, 0.15) is 11.6 Å². The quantitative estimate of drug-likeness (QED) is 0.818. The Balaban J connectivity index is 2.30. The Morgan fingerprint density at radius 2 is 2.00 bits per heavy atom. The fraction of sp³-hybridized carbons (Fsp3) is 0.231. The smallest absolute Gasteiger partial charge is 0.216 e. The summed E-state index contributed by atoms with van der Waals surface area (Å²) in [6.07, 6.45) is 1.59. The van der Waals surface area contributed by atoms with Crippen molar-refractivity contribution in [1.82, 2.24) is 20.6 Å². The number of benzene rings is 1. The molecule has 0 saturated heterocycles. The van der Waals surface area contributed by atoms with Crippen molar-refractivity contribution in [3.05, 3.63) is 40.8 Å². The molecule has 0 saturated carbocycles. The molecule has 2 aromatic rings. The summed E-state index contributed by atoms with van der Waals surface area (Å²) < 4.78 is 0. The van der Waals surface area contributed by atoms with Crippen molar-refractivity contribution < 1.29 is 0 Å². The zero-order valence-electron chi connectivity index (χ0n) is 11.0. The molecule has 0 radical (unpaired) electrons. The number of aromatic nitrogens is 4. The predicted octanol–water partition coefficient (Wildman–Crippen LogP) is 2.10. The van der Waals surface area contributed by atoms with Crippen LogP contribution in [0.15, 0.2) is 18.3 Å².